The molecule has 5 heteroatoms. The second kappa shape index (κ2) is 8.08. The van der Waals surface area contributed by atoms with Gasteiger partial charge in [0.1, 0.15) is 6.04 Å². The van der Waals surface area contributed by atoms with Crippen LogP contribution in [-0.4, -0.2) is 31.6 Å². The molecule has 0 heterocycles. The van der Waals surface area contributed by atoms with E-state index in [1.165, 1.54) is 7.11 Å². The first-order valence-corrected chi connectivity index (χ1v) is 6.77. The lowest BCUT2D eigenvalue weighted by Gasteiger charge is -2.18. The van der Waals surface area contributed by atoms with Gasteiger partial charge in [0, 0.05) is 5.92 Å². The zero-order chi connectivity index (χ0) is 13.4. The van der Waals surface area contributed by atoms with Gasteiger partial charge < -0.3 is 15.8 Å². The van der Waals surface area contributed by atoms with Crippen molar-refractivity contribution in [2.45, 2.75) is 51.0 Å². The van der Waals surface area contributed by atoms with Gasteiger partial charge in [0.2, 0.25) is 5.91 Å². The monoisotopic (exact) mass is 256 g/mol. The average molecular weight is 256 g/mol. The van der Waals surface area contributed by atoms with E-state index < -0.39 is 6.04 Å². The zero-order valence-electron chi connectivity index (χ0n) is 11.1. The highest BCUT2D eigenvalue weighted by Crippen LogP contribution is 2.24. The first-order chi connectivity index (χ1) is 8.69. The predicted molar refractivity (Wildman–Crippen MR) is 68.8 cm³/mol. The summed E-state index contributed by atoms with van der Waals surface area (Å²) < 4.78 is 4.72. The Labute approximate surface area is 108 Å². The van der Waals surface area contributed by atoms with Gasteiger partial charge in [-0.1, -0.05) is 12.8 Å². The number of ether oxygens (including phenoxy) is 1. The van der Waals surface area contributed by atoms with Gasteiger partial charge in [-0.15, -0.1) is 0 Å². The van der Waals surface area contributed by atoms with Crippen LogP contribution in [0.1, 0.15) is 44.9 Å². The number of hydrogen-bond acceptors (Lipinski definition) is 4. The Morgan fingerprint density at radius 1 is 1.33 bits per heavy atom. The van der Waals surface area contributed by atoms with E-state index in [0.717, 1.165) is 38.5 Å². The van der Waals surface area contributed by atoms with Crippen LogP contribution < -0.4 is 11.1 Å². The molecule has 0 radical (unpaired) electrons. The molecule has 0 spiro atoms. The van der Waals surface area contributed by atoms with Crippen LogP contribution in [0.2, 0.25) is 0 Å². The van der Waals surface area contributed by atoms with Gasteiger partial charge in [-0.3, -0.25) is 4.79 Å². The Morgan fingerprint density at radius 2 is 2.00 bits per heavy atom. The minimum absolute atomic E-state index is 0.00403. The summed E-state index contributed by atoms with van der Waals surface area (Å²) in [6.45, 7) is 0.602. The van der Waals surface area contributed by atoms with E-state index >= 15 is 0 Å². The first kappa shape index (κ1) is 15.0. The van der Waals surface area contributed by atoms with Crippen molar-refractivity contribution < 1.29 is 14.3 Å². The number of unbranched alkanes of at least 4 members (excludes halogenated alkanes) is 1. The lowest BCUT2D eigenvalue weighted by Crippen LogP contribution is -2.43. The van der Waals surface area contributed by atoms with Crippen LogP contribution >= 0.6 is 0 Å². The van der Waals surface area contributed by atoms with Crippen molar-refractivity contribution in [2.24, 2.45) is 11.7 Å². The van der Waals surface area contributed by atoms with E-state index in [9.17, 15) is 9.59 Å². The Hall–Kier alpha value is -1.10. The van der Waals surface area contributed by atoms with E-state index in [1.807, 2.05) is 0 Å². The Bertz CT molecular complexity index is 275. The molecule has 1 amide bonds. The van der Waals surface area contributed by atoms with Gasteiger partial charge in [-0.25, -0.2) is 4.79 Å². The normalized spacial score (nSPS) is 17.4. The highest BCUT2D eigenvalue weighted by atomic mass is 16.5. The molecule has 1 rings (SSSR count). The number of methoxy groups -OCH3 is 1. The quantitative estimate of drug-likeness (QED) is 0.525. The maximum Gasteiger partial charge on any atom is 0.328 e. The first-order valence-electron chi connectivity index (χ1n) is 6.77. The second-order valence-electron chi connectivity index (χ2n) is 4.85. The van der Waals surface area contributed by atoms with Crippen molar-refractivity contribution >= 4 is 11.9 Å². The third kappa shape index (κ3) is 4.64. The van der Waals surface area contributed by atoms with Crippen LogP contribution in [0.5, 0.6) is 0 Å². The molecular weight excluding hydrogens is 232 g/mol. The van der Waals surface area contributed by atoms with E-state index in [0.29, 0.717) is 13.0 Å². The van der Waals surface area contributed by atoms with Gasteiger partial charge in [-0.05, 0) is 38.6 Å². The molecule has 5 nitrogen and oxygen atoms in total. The summed E-state index contributed by atoms with van der Waals surface area (Å²) in [6.07, 6.45) is 6.35. The number of rotatable bonds is 7. The number of nitrogens with one attached hydrogen (secondary N) is 1. The SMILES string of the molecule is COC(=O)[C@H](CCCCN)NC(=O)C1CCCC1. The molecule has 0 aromatic heterocycles. The Kier molecular flexibility index (Phi) is 6.72. The van der Waals surface area contributed by atoms with Crippen LogP contribution in [0.25, 0.3) is 0 Å². The third-order valence-corrected chi connectivity index (χ3v) is 3.48. The molecule has 3 N–H and O–H groups in total. The summed E-state index contributed by atoms with van der Waals surface area (Å²) in [5, 5.41) is 2.81. The van der Waals surface area contributed by atoms with Gasteiger partial charge >= 0.3 is 5.97 Å². The average Bonchev–Trinajstić information content (AvgIpc) is 2.90. The van der Waals surface area contributed by atoms with Gasteiger partial charge in [0.05, 0.1) is 7.11 Å². The third-order valence-electron chi connectivity index (χ3n) is 3.48. The van der Waals surface area contributed by atoms with Crippen LogP contribution in [0, 0.1) is 5.92 Å². The van der Waals surface area contributed by atoms with Gasteiger partial charge in [0.15, 0.2) is 0 Å². The number of carbonyl (C=O) groups excluding carboxylic acids is 2. The largest absolute Gasteiger partial charge is 0.467 e. The van der Waals surface area contributed by atoms with Crippen molar-refractivity contribution in [3.05, 3.63) is 0 Å². The molecule has 1 aliphatic carbocycles. The van der Waals surface area contributed by atoms with Crippen molar-refractivity contribution in [2.75, 3.05) is 13.7 Å². The number of hydrogen-bond donors (Lipinski definition) is 2. The fourth-order valence-electron chi connectivity index (χ4n) is 2.36. The summed E-state index contributed by atoms with van der Waals surface area (Å²) in [5.74, 6) is -0.291. The van der Waals surface area contributed by atoms with Crippen molar-refractivity contribution in [3.8, 4) is 0 Å². The minimum Gasteiger partial charge on any atom is -0.467 e. The summed E-state index contributed by atoms with van der Waals surface area (Å²) in [6, 6.07) is -0.519. The lowest BCUT2D eigenvalue weighted by atomic mass is 10.1. The van der Waals surface area contributed by atoms with Crippen molar-refractivity contribution in [3.63, 3.8) is 0 Å². The van der Waals surface area contributed by atoms with Gasteiger partial charge in [0.25, 0.3) is 0 Å². The van der Waals surface area contributed by atoms with Crippen LogP contribution in [0.4, 0.5) is 0 Å². The molecule has 1 fully saturated rings. The fourth-order valence-corrected chi connectivity index (χ4v) is 2.36. The van der Waals surface area contributed by atoms with E-state index in [1.54, 1.807) is 0 Å². The molecule has 0 unspecified atom stereocenters. The molecular formula is C13H24N2O3. The van der Waals surface area contributed by atoms with Gasteiger partial charge in [-0.2, -0.15) is 0 Å². The molecule has 0 bridgehead atoms. The zero-order valence-corrected chi connectivity index (χ0v) is 11.1. The summed E-state index contributed by atoms with van der Waals surface area (Å²) >= 11 is 0. The highest BCUT2D eigenvalue weighted by molar-refractivity contribution is 5.85. The second-order valence-corrected chi connectivity index (χ2v) is 4.85. The number of nitrogens with two attached hydrogens (primary N) is 1. The molecule has 1 atom stereocenters. The number of amides is 1. The molecule has 1 saturated carbocycles. The molecule has 0 aromatic rings. The van der Waals surface area contributed by atoms with E-state index in [2.05, 4.69) is 5.32 Å². The Morgan fingerprint density at radius 3 is 2.56 bits per heavy atom. The van der Waals surface area contributed by atoms with Crippen molar-refractivity contribution in [1.82, 2.24) is 5.32 Å². The lowest BCUT2D eigenvalue weighted by molar-refractivity contribution is -0.145. The molecule has 0 aromatic carbocycles. The summed E-state index contributed by atoms with van der Waals surface area (Å²) in [5.41, 5.74) is 5.42. The fraction of sp³-hybridized carbons (Fsp3) is 0.846. The standard InChI is InChI=1S/C13H24N2O3/c1-18-13(17)11(8-4-5-9-14)15-12(16)10-6-2-3-7-10/h10-11H,2-9,14H2,1H3,(H,15,16)/t11-/m0/s1. The van der Waals surface area contributed by atoms with Crippen LogP contribution in [-0.2, 0) is 14.3 Å². The summed E-state index contributed by atoms with van der Waals surface area (Å²) in [4.78, 5) is 23.6. The highest BCUT2D eigenvalue weighted by Gasteiger charge is 2.27. The summed E-state index contributed by atoms with van der Waals surface area (Å²) in [7, 11) is 1.35. The molecule has 104 valence electrons. The minimum atomic E-state index is -0.519. The van der Waals surface area contributed by atoms with E-state index in [4.69, 9.17) is 10.5 Å². The predicted octanol–water partition coefficient (Wildman–Crippen LogP) is 0.963. The topological polar surface area (TPSA) is 81.4 Å². The molecule has 0 aliphatic heterocycles. The Balaban J connectivity index is 2.43. The van der Waals surface area contributed by atoms with Crippen LogP contribution in [0.15, 0.2) is 0 Å². The smallest absolute Gasteiger partial charge is 0.328 e. The molecule has 18 heavy (non-hydrogen) atoms. The maximum absolute atomic E-state index is 12.0. The maximum atomic E-state index is 12.0. The van der Waals surface area contributed by atoms with E-state index in [-0.39, 0.29) is 17.8 Å². The molecule has 1 aliphatic rings. The number of carbonyl (C=O) groups is 2. The van der Waals surface area contributed by atoms with Crippen LogP contribution in [0.3, 0.4) is 0 Å². The molecule has 0 saturated heterocycles. The number of esters is 1. The van der Waals surface area contributed by atoms with Crippen molar-refractivity contribution in [1.29, 1.82) is 0 Å².